The molecule has 0 aliphatic rings. The molecule has 0 radical (unpaired) electrons. The summed E-state index contributed by atoms with van der Waals surface area (Å²) < 4.78 is 0. The summed E-state index contributed by atoms with van der Waals surface area (Å²) in [6.07, 6.45) is -0.288. The highest BCUT2D eigenvalue weighted by Gasteiger charge is 2.23. The number of carboxylic acids is 1. The number of benzene rings is 2. The van der Waals surface area contributed by atoms with Crippen molar-refractivity contribution in [3.8, 4) is 0 Å². The lowest BCUT2D eigenvalue weighted by atomic mass is 9.97. The fourth-order valence-electron chi connectivity index (χ4n) is 2.91. The molecule has 0 saturated carbocycles. The zero-order valence-electron chi connectivity index (χ0n) is 14.8. The van der Waals surface area contributed by atoms with E-state index in [4.69, 9.17) is 0 Å². The van der Waals surface area contributed by atoms with Gasteiger partial charge in [-0.1, -0.05) is 24.3 Å². The van der Waals surface area contributed by atoms with Crippen LogP contribution in [0.5, 0.6) is 0 Å². The van der Waals surface area contributed by atoms with Crippen LogP contribution in [0.15, 0.2) is 36.4 Å². The number of nitrogens with one attached hydrogen (secondary N) is 1. The average Bonchev–Trinajstić information content (AvgIpc) is 2.53. The minimum atomic E-state index is -1.05. The summed E-state index contributed by atoms with van der Waals surface area (Å²) in [5, 5.41) is 23.0. The highest BCUT2D eigenvalue weighted by Crippen LogP contribution is 2.25. The summed E-state index contributed by atoms with van der Waals surface area (Å²) in [4.78, 5) is 34.5. The normalized spacial score (nSPS) is 11.7. The Balaban J connectivity index is 2.39. The van der Waals surface area contributed by atoms with E-state index in [0.29, 0.717) is 16.7 Å². The zero-order chi connectivity index (χ0) is 19.4. The Bertz CT molecular complexity index is 876. The number of carboxylic acid groups (broad SMARTS) is 1. The molecule has 0 heterocycles. The van der Waals surface area contributed by atoms with Crippen LogP contribution in [-0.2, 0) is 4.79 Å². The van der Waals surface area contributed by atoms with Crippen molar-refractivity contribution < 1.29 is 19.6 Å². The fourth-order valence-corrected chi connectivity index (χ4v) is 2.91. The first kappa shape index (κ1) is 19.1. The van der Waals surface area contributed by atoms with Gasteiger partial charge in [-0.05, 0) is 43.5 Å². The van der Waals surface area contributed by atoms with Crippen molar-refractivity contribution in [1.82, 2.24) is 5.32 Å². The van der Waals surface area contributed by atoms with E-state index in [1.54, 1.807) is 32.0 Å². The molecular weight excluding hydrogens is 336 g/mol. The van der Waals surface area contributed by atoms with Crippen molar-refractivity contribution in [3.05, 3.63) is 74.3 Å². The van der Waals surface area contributed by atoms with Crippen molar-refractivity contribution in [1.29, 1.82) is 0 Å². The molecule has 0 fully saturated rings. The minimum Gasteiger partial charge on any atom is -0.481 e. The van der Waals surface area contributed by atoms with Gasteiger partial charge in [0.05, 0.1) is 17.4 Å². The molecule has 2 rings (SSSR count). The molecule has 0 aromatic heterocycles. The maximum absolute atomic E-state index is 12.7. The van der Waals surface area contributed by atoms with E-state index >= 15 is 0 Å². The molecule has 7 heteroatoms. The van der Waals surface area contributed by atoms with Gasteiger partial charge in [0, 0.05) is 17.2 Å². The number of aliphatic carboxylic acids is 1. The first-order valence-electron chi connectivity index (χ1n) is 8.04. The molecule has 2 aromatic carbocycles. The molecule has 0 spiro atoms. The molecule has 136 valence electrons. The van der Waals surface area contributed by atoms with Gasteiger partial charge in [0.25, 0.3) is 11.6 Å². The SMILES string of the molecule is Cc1cc(C)c([N+](=O)[O-])cc1C(=O)NC(CC(=O)O)c1ccccc1C. The summed E-state index contributed by atoms with van der Waals surface area (Å²) in [6.45, 7) is 5.12. The highest BCUT2D eigenvalue weighted by atomic mass is 16.6. The van der Waals surface area contributed by atoms with Crippen LogP contribution in [0.4, 0.5) is 5.69 Å². The van der Waals surface area contributed by atoms with E-state index in [0.717, 1.165) is 5.56 Å². The maximum atomic E-state index is 12.7. The molecule has 0 aliphatic carbocycles. The van der Waals surface area contributed by atoms with Gasteiger partial charge in [0.1, 0.15) is 0 Å². The Labute approximate surface area is 150 Å². The summed E-state index contributed by atoms with van der Waals surface area (Å²) in [5.74, 6) is -1.59. The Kier molecular flexibility index (Phi) is 5.71. The lowest BCUT2D eigenvalue weighted by Crippen LogP contribution is -2.31. The second-order valence-corrected chi connectivity index (χ2v) is 6.19. The number of amides is 1. The number of hydrogen-bond acceptors (Lipinski definition) is 4. The zero-order valence-corrected chi connectivity index (χ0v) is 14.8. The van der Waals surface area contributed by atoms with Gasteiger partial charge in [-0.25, -0.2) is 0 Å². The van der Waals surface area contributed by atoms with E-state index < -0.39 is 22.8 Å². The molecule has 1 unspecified atom stereocenters. The number of carbonyl (C=O) groups is 2. The molecule has 0 bridgehead atoms. The predicted octanol–water partition coefficient (Wildman–Crippen LogP) is 3.47. The number of hydrogen-bond donors (Lipinski definition) is 2. The molecule has 26 heavy (non-hydrogen) atoms. The Morgan fingerprint density at radius 3 is 2.35 bits per heavy atom. The summed E-state index contributed by atoms with van der Waals surface area (Å²) >= 11 is 0. The van der Waals surface area contributed by atoms with Crippen molar-refractivity contribution >= 4 is 17.6 Å². The van der Waals surface area contributed by atoms with Crippen molar-refractivity contribution in [2.24, 2.45) is 0 Å². The number of rotatable bonds is 6. The molecule has 0 saturated heterocycles. The number of carbonyl (C=O) groups excluding carboxylic acids is 1. The lowest BCUT2D eigenvalue weighted by molar-refractivity contribution is -0.385. The number of aryl methyl sites for hydroxylation is 3. The van der Waals surface area contributed by atoms with Gasteiger partial charge in [-0.3, -0.25) is 19.7 Å². The number of nitro benzene ring substituents is 1. The third kappa shape index (κ3) is 4.24. The molecule has 0 aliphatic heterocycles. The predicted molar refractivity (Wildman–Crippen MR) is 96.2 cm³/mol. The summed E-state index contributed by atoms with van der Waals surface area (Å²) in [6, 6.07) is 9.26. The van der Waals surface area contributed by atoms with Crippen molar-refractivity contribution in [3.63, 3.8) is 0 Å². The Hall–Kier alpha value is -3.22. The van der Waals surface area contributed by atoms with Gasteiger partial charge in [-0.2, -0.15) is 0 Å². The van der Waals surface area contributed by atoms with Crippen LogP contribution in [-0.4, -0.2) is 21.9 Å². The van der Waals surface area contributed by atoms with Crippen LogP contribution in [0.2, 0.25) is 0 Å². The second-order valence-electron chi connectivity index (χ2n) is 6.19. The van der Waals surface area contributed by atoms with Crippen LogP contribution in [0.1, 0.15) is 45.1 Å². The lowest BCUT2D eigenvalue weighted by Gasteiger charge is -2.20. The van der Waals surface area contributed by atoms with E-state index in [-0.39, 0.29) is 17.7 Å². The average molecular weight is 356 g/mol. The highest BCUT2D eigenvalue weighted by molar-refractivity contribution is 5.97. The third-order valence-electron chi connectivity index (χ3n) is 4.23. The standard InChI is InChI=1S/C19H20N2O5/c1-11-6-4-5-7-14(11)16(10-18(22)23)20-19(24)15-9-17(21(25)26)13(3)8-12(15)2/h4-9,16H,10H2,1-3H3,(H,20,24)(H,22,23). The maximum Gasteiger partial charge on any atom is 0.305 e. The van der Waals surface area contributed by atoms with E-state index in [1.165, 1.54) is 6.07 Å². The minimum absolute atomic E-state index is 0.147. The number of nitrogens with zero attached hydrogens (tertiary/aromatic N) is 1. The first-order valence-corrected chi connectivity index (χ1v) is 8.04. The first-order chi connectivity index (χ1) is 12.2. The topological polar surface area (TPSA) is 110 Å². The van der Waals surface area contributed by atoms with E-state index in [9.17, 15) is 24.8 Å². The van der Waals surface area contributed by atoms with Crippen LogP contribution < -0.4 is 5.32 Å². The van der Waals surface area contributed by atoms with Gasteiger partial charge in [-0.15, -0.1) is 0 Å². The van der Waals surface area contributed by atoms with Gasteiger partial charge in [0.15, 0.2) is 0 Å². The Morgan fingerprint density at radius 1 is 1.12 bits per heavy atom. The fraction of sp³-hybridized carbons (Fsp3) is 0.263. The monoisotopic (exact) mass is 356 g/mol. The van der Waals surface area contributed by atoms with Crippen LogP contribution in [0.25, 0.3) is 0 Å². The van der Waals surface area contributed by atoms with E-state index in [1.807, 2.05) is 19.1 Å². The van der Waals surface area contributed by atoms with Gasteiger partial charge < -0.3 is 10.4 Å². The van der Waals surface area contributed by atoms with Gasteiger partial charge in [0.2, 0.25) is 0 Å². The smallest absolute Gasteiger partial charge is 0.305 e. The molecule has 7 nitrogen and oxygen atoms in total. The largest absolute Gasteiger partial charge is 0.481 e. The van der Waals surface area contributed by atoms with Gasteiger partial charge >= 0.3 is 5.97 Å². The van der Waals surface area contributed by atoms with Crippen LogP contribution in [0.3, 0.4) is 0 Å². The van der Waals surface area contributed by atoms with Crippen molar-refractivity contribution in [2.75, 3.05) is 0 Å². The molecule has 1 amide bonds. The summed E-state index contributed by atoms with van der Waals surface area (Å²) in [5.41, 5.74) is 2.61. The van der Waals surface area contributed by atoms with Crippen molar-refractivity contribution in [2.45, 2.75) is 33.2 Å². The van der Waals surface area contributed by atoms with Crippen LogP contribution >= 0.6 is 0 Å². The Morgan fingerprint density at radius 2 is 1.77 bits per heavy atom. The molecule has 2 N–H and O–H groups in total. The van der Waals surface area contributed by atoms with E-state index in [2.05, 4.69) is 5.32 Å². The third-order valence-corrected chi connectivity index (χ3v) is 4.23. The van der Waals surface area contributed by atoms with Crippen LogP contribution in [0, 0.1) is 30.9 Å². The quantitative estimate of drug-likeness (QED) is 0.608. The molecule has 2 aromatic rings. The number of nitro groups is 1. The molecular formula is C19H20N2O5. The molecule has 1 atom stereocenters. The second kappa shape index (κ2) is 7.77. The summed E-state index contributed by atoms with van der Waals surface area (Å²) in [7, 11) is 0.